The number of aromatic amines is 1. The van der Waals surface area contributed by atoms with Crippen molar-refractivity contribution in [2.24, 2.45) is 15.4 Å². The van der Waals surface area contributed by atoms with Crippen LogP contribution in [0.5, 0.6) is 0 Å². The quantitative estimate of drug-likeness (QED) is 0.370. The van der Waals surface area contributed by atoms with Crippen molar-refractivity contribution in [3.05, 3.63) is 77.6 Å². The van der Waals surface area contributed by atoms with Crippen LogP contribution in [0.25, 0.3) is 5.70 Å². The second-order valence-electron chi connectivity index (χ2n) is 6.94. The van der Waals surface area contributed by atoms with E-state index in [0.717, 1.165) is 5.69 Å². The Morgan fingerprint density at radius 2 is 1.72 bits per heavy atom. The van der Waals surface area contributed by atoms with Gasteiger partial charge in [0.15, 0.2) is 0 Å². The fraction of sp³-hybridized carbons (Fsp3) is 0.0952. The number of nitrogens with zero attached hydrogens (tertiary/aromatic N) is 3. The zero-order chi connectivity index (χ0) is 22.7. The van der Waals surface area contributed by atoms with Gasteiger partial charge in [0.05, 0.1) is 16.8 Å². The third kappa shape index (κ3) is 4.68. The third-order valence-corrected chi connectivity index (χ3v) is 5.64. The zero-order valence-corrected chi connectivity index (χ0v) is 17.5. The van der Waals surface area contributed by atoms with Crippen LogP contribution in [0.4, 0.5) is 11.6 Å². The Balaban J connectivity index is 1.36. The SMILES string of the molecule is NS(=O)(=O)c1ccc(N=Nc2ncc(CCNC3=CC(=O)C(=O)c4ccccc43)[nH]2)cc1. The van der Waals surface area contributed by atoms with Gasteiger partial charge in [0.25, 0.3) is 0 Å². The number of fused-ring (bicyclic) bond motifs is 1. The molecule has 0 amide bonds. The second-order valence-corrected chi connectivity index (χ2v) is 8.51. The van der Waals surface area contributed by atoms with E-state index >= 15 is 0 Å². The van der Waals surface area contributed by atoms with E-state index in [0.29, 0.717) is 41.4 Å². The summed E-state index contributed by atoms with van der Waals surface area (Å²) in [6.07, 6.45) is 3.50. The molecule has 0 aliphatic heterocycles. The molecule has 0 atom stereocenters. The summed E-state index contributed by atoms with van der Waals surface area (Å²) in [7, 11) is -3.76. The van der Waals surface area contributed by atoms with Gasteiger partial charge in [0, 0.05) is 41.6 Å². The Hall–Kier alpha value is -3.96. The number of H-pyrrole nitrogens is 1. The number of hydrogen-bond acceptors (Lipinski definition) is 8. The van der Waals surface area contributed by atoms with Crippen molar-refractivity contribution < 1.29 is 18.0 Å². The Morgan fingerprint density at radius 3 is 2.44 bits per heavy atom. The molecule has 4 rings (SSSR count). The summed E-state index contributed by atoms with van der Waals surface area (Å²) in [6.45, 7) is 0.495. The first kappa shape index (κ1) is 21.3. The van der Waals surface area contributed by atoms with Gasteiger partial charge in [-0.25, -0.2) is 18.5 Å². The van der Waals surface area contributed by atoms with E-state index < -0.39 is 21.6 Å². The Morgan fingerprint density at radius 1 is 1.00 bits per heavy atom. The van der Waals surface area contributed by atoms with Crippen LogP contribution in [0.3, 0.4) is 0 Å². The van der Waals surface area contributed by atoms with E-state index in [4.69, 9.17) is 5.14 Å². The topological polar surface area (TPSA) is 160 Å². The number of nitrogens with one attached hydrogen (secondary N) is 2. The smallest absolute Gasteiger partial charge is 0.246 e. The highest BCUT2D eigenvalue weighted by Gasteiger charge is 2.25. The van der Waals surface area contributed by atoms with Crippen molar-refractivity contribution in [1.82, 2.24) is 15.3 Å². The molecule has 0 unspecified atom stereocenters. The maximum absolute atomic E-state index is 12.0. The summed E-state index contributed by atoms with van der Waals surface area (Å²) in [4.78, 5) is 31.1. The van der Waals surface area contributed by atoms with Gasteiger partial charge in [-0.2, -0.15) is 0 Å². The van der Waals surface area contributed by atoms with Crippen molar-refractivity contribution in [3.8, 4) is 0 Å². The molecule has 0 spiro atoms. The molecular formula is C21H18N6O4S. The molecular weight excluding hydrogens is 432 g/mol. The van der Waals surface area contributed by atoms with Crippen LogP contribution < -0.4 is 10.5 Å². The molecule has 1 heterocycles. The van der Waals surface area contributed by atoms with Gasteiger partial charge >= 0.3 is 0 Å². The summed E-state index contributed by atoms with van der Waals surface area (Å²) in [5.41, 5.74) is 2.93. The van der Waals surface area contributed by atoms with Gasteiger partial charge in [0.2, 0.25) is 27.5 Å². The van der Waals surface area contributed by atoms with Crippen molar-refractivity contribution in [2.75, 3.05) is 6.54 Å². The molecule has 0 fully saturated rings. The minimum Gasteiger partial charge on any atom is -0.384 e. The summed E-state index contributed by atoms with van der Waals surface area (Å²) in [6, 6.07) is 12.6. The number of sulfonamides is 1. The lowest BCUT2D eigenvalue weighted by molar-refractivity contribution is -0.111. The van der Waals surface area contributed by atoms with Gasteiger partial charge in [-0.05, 0) is 24.3 Å². The number of carbonyl (C=O) groups is 2. The maximum atomic E-state index is 12.0. The average Bonchev–Trinajstić information content (AvgIpc) is 3.23. The molecule has 162 valence electrons. The van der Waals surface area contributed by atoms with Crippen LogP contribution in [-0.2, 0) is 21.2 Å². The molecule has 11 heteroatoms. The summed E-state index contributed by atoms with van der Waals surface area (Å²) in [5, 5.41) is 16.3. The number of imidazole rings is 1. The van der Waals surface area contributed by atoms with Gasteiger partial charge in [-0.15, -0.1) is 10.2 Å². The van der Waals surface area contributed by atoms with Crippen LogP contribution in [0, 0.1) is 0 Å². The minimum absolute atomic E-state index is 0.00833. The number of nitrogens with two attached hydrogens (primary N) is 1. The fourth-order valence-corrected chi connectivity index (χ4v) is 3.65. The highest BCUT2D eigenvalue weighted by Crippen LogP contribution is 2.23. The highest BCUT2D eigenvalue weighted by atomic mass is 32.2. The third-order valence-electron chi connectivity index (χ3n) is 4.71. The number of Topliss-reactive ketones (excluding diaryl/α,β-unsaturated/α-hetero) is 1. The van der Waals surface area contributed by atoms with E-state index in [1.807, 2.05) is 6.07 Å². The highest BCUT2D eigenvalue weighted by molar-refractivity contribution is 7.89. The van der Waals surface area contributed by atoms with E-state index in [1.165, 1.54) is 30.3 Å². The Bertz CT molecular complexity index is 1360. The number of allylic oxidation sites excluding steroid dienone is 1. The summed E-state index contributed by atoms with van der Waals surface area (Å²) in [5.74, 6) is -0.764. The maximum Gasteiger partial charge on any atom is 0.246 e. The van der Waals surface area contributed by atoms with Gasteiger partial charge in [-0.3, -0.25) is 9.59 Å². The number of hydrogen-bond donors (Lipinski definition) is 3. The lowest BCUT2D eigenvalue weighted by Gasteiger charge is -2.17. The second kappa shape index (κ2) is 8.65. The fourth-order valence-electron chi connectivity index (χ4n) is 3.13. The monoisotopic (exact) mass is 450 g/mol. The number of ketones is 2. The molecule has 0 saturated carbocycles. The van der Waals surface area contributed by atoms with Gasteiger partial charge in [-0.1, -0.05) is 24.3 Å². The minimum atomic E-state index is -3.76. The van der Waals surface area contributed by atoms with E-state index in [2.05, 4.69) is 25.5 Å². The number of azo groups is 1. The van der Waals surface area contributed by atoms with E-state index in [-0.39, 0.29) is 4.90 Å². The normalized spacial score (nSPS) is 13.8. The van der Waals surface area contributed by atoms with Crippen molar-refractivity contribution in [3.63, 3.8) is 0 Å². The predicted octanol–water partition coefficient (Wildman–Crippen LogP) is 2.41. The molecule has 1 aliphatic carbocycles. The molecule has 1 aromatic heterocycles. The molecule has 32 heavy (non-hydrogen) atoms. The predicted molar refractivity (Wildman–Crippen MR) is 116 cm³/mol. The van der Waals surface area contributed by atoms with Gasteiger partial charge < -0.3 is 10.3 Å². The van der Waals surface area contributed by atoms with Crippen molar-refractivity contribution in [1.29, 1.82) is 0 Å². The lowest BCUT2D eigenvalue weighted by atomic mass is 9.93. The van der Waals surface area contributed by atoms with Crippen LogP contribution in [0.2, 0.25) is 0 Å². The number of primary sulfonamides is 1. The van der Waals surface area contributed by atoms with Crippen LogP contribution in [-0.4, -0.2) is 36.5 Å². The average molecular weight is 450 g/mol. The Labute approximate surface area is 183 Å². The van der Waals surface area contributed by atoms with Crippen LogP contribution in [0.15, 0.2) is 75.9 Å². The molecule has 4 N–H and O–H groups in total. The molecule has 1 aliphatic rings. The largest absolute Gasteiger partial charge is 0.384 e. The number of carbonyl (C=O) groups excluding carboxylic acids is 2. The van der Waals surface area contributed by atoms with Crippen LogP contribution in [0.1, 0.15) is 21.6 Å². The van der Waals surface area contributed by atoms with Crippen molar-refractivity contribution >= 4 is 38.9 Å². The standard InChI is InChI=1S/C21H18N6O4S/c22-32(30,31)15-7-5-13(6-8-15)26-27-21-24-12-14(25-21)9-10-23-18-11-19(28)20(29)17-4-2-1-3-16(17)18/h1-8,11-12,23H,9-10H2,(H,24,25)(H2,22,30,31). The molecule has 2 aromatic carbocycles. The zero-order valence-electron chi connectivity index (χ0n) is 16.6. The Kier molecular flexibility index (Phi) is 5.75. The van der Waals surface area contributed by atoms with Crippen molar-refractivity contribution in [2.45, 2.75) is 11.3 Å². The van der Waals surface area contributed by atoms with E-state index in [9.17, 15) is 18.0 Å². The first-order valence-corrected chi connectivity index (χ1v) is 11.1. The molecule has 10 nitrogen and oxygen atoms in total. The number of benzene rings is 2. The first-order valence-electron chi connectivity index (χ1n) is 9.53. The van der Waals surface area contributed by atoms with E-state index in [1.54, 1.807) is 24.4 Å². The molecule has 0 bridgehead atoms. The number of aromatic nitrogens is 2. The van der Waals surface area contributed by atoms with Crippen LogP contribution >= 0.6 is 0 Å². The number of rotatable bonds is 7. The first-order chi connectivity index (χ1) is 15.3. The molecule has 0 radical (unpaired) electrons. The molecule has 0 saturated heterocycles. The molecule has 3 aromatic rings. The van der Waals surface area contributed by atoms with Gasteiger partial charge in [0.1, 0.15) is 0 Å². The summed E-state index contributed by atoms with van der Waals surface area (Å²) < 4.78 is 22.5. The summed E-state index contributed by atoms with van der Waals surface area (Å²) >= 11 is 0. The lowest BCUT2D eigenvalue weighted by Crippen LogP contribution is -2.25.